The van der Waals surface area contributed by atoms with E-state index in [4.69, 9.17) is 4.74 Å². The van der Waals surface area contributed by atoms with E-state index in [0.717, 1.165) is 32.4 Å². The lowest BCUT2D eigenvalue weighted by Crippen LogP contribution is -2.32. The van der Waals surface area contributed by atoms with Crippen molar-refractivity contribution in [2.24, 2.45) is 0 Å². The minimum absolute atomic E-state index is 0.0653. The Balaban J connectivity index is 2.19. The molecular weight excluding hydrogens is 190 g/mol. The Labute approximate surface area is 93.4 Å². The fraction of sp³-hybridized carbons (Fsp3) is 1.00. The van der Waals surface area contributed by atoms with Crippen LogP contribution < -0.4 is 0 Å². The van der Waals surface area contributed by atoms with Crippen LogP contribution in [0.4, 0.5) is 0 Å². The van der Waals surface area contributed by atoms with Gasteiger partial charge in [0.05, 0.1) is 17.8 Å². The zero-order chi connectivity index (χ0) is 11.5. The van der Waals surface area contributed by atoms with Crippen molar-refractivity contribution in [3.8, 4) is 0 Å². The number of aliphatic hydroxyl groups excluding tert-OH is 1. The zero-order valence-corrected chi connectivity index (χ0v) is 10.5. The van der Waals surface area contributed by atoms with Crippen LogP contribution in [0.25, 0.3) is 0 Å². The van der Waals surface area contributed by atoms with E-state index >= 15 is 0 Å². The molecule has 0 bridgehead atoms. The number of likely N-dealkylation sites (N-methyl/N-ethyl adjacent to an activating group) is 1. The summed E-state index contributed by atoms with van der Waals surface area (Å²) < 4.78 is 5.92. The van der Waals surface area contributed by atoms with Crippen molar-refractivity contribution in [3.63, 3.8) is 0 Å². The van der Waals surface area contributed by atoms with Gasteiger partial charge in [0.1, 0.15) is 0 Å². The van der Waals surface area contributed by atoms with Gasteiger partial charge in [0.2, 0.25) is 0 Å². The normalized spacial score (nSPS) is 27.2. The maximum Gasteiger partial charge on any atom is 0.0710 e. The Kier molecular flexibility index (Phi) is 4.56. The Morgan fingerprint density at radius 2 is 2.20 bits per heavy atom. The van der Waals surface area contributed by atoms with Crippen LogP contribution in [-0.4, -0.2) is 48.0 Å². The van der Waals surface area contributed by atoms with E-state index in [0.29, 0.717) is 6.10 Å². The molecule has 15 heavy (non-hydrogen) atoms. The smallest absolute Gasteiger partial charge is 0.0710 e. The van der Waals surface area contributed by atoms with Crippen molar-refractivity contribution in [2.45, 2.75) is 57.8 Å². The fourth-order valence-electron chi connectivity index (χ4n) is 2.05. The first kappa shape index (κ1) is 12.9. The summed E-state index contributed by atoms with van der Waals surface area (Å²) in [6.45, 7) is 8.07. The van der Waals surface area contributed by atoms with E-state index in [-0.39, 0.29) is 11.7 Å². The topological polar surface area (TPSA) is 32.7 Å². The van der Waals surface area contributed by atoms with Gasteiger partial charge >= 0.3 is 0 Å². The maximum atomic E-state index is 9.19. The molecule has 1 fully saturated rings. The molecule has 1 heterocycles. The molecule has 0 aromatic carbocycles. The highest BCUT2D eigenvalue weighted by molar-refractivity contribution is 4.82. The van der Waals surface area contributed by atoms with E-state index in [1.807, 2.05) is 6.92 Å². The van der Waals surface area contributed by atoms with Crippen molar-refractivity contribution >= 4 is 0 Å². The van der Waals surface area contributed by atoms with Crippen molar-refractivity contribution in [2.75, 3.05) is 20.1 Å². The van der Waals surface area contributed by atoms with Gasteiger partial charge in [0.15, 0.2) is 0 Å². The van der Waals surface area contributed by atoms with Crippen LogP contribution in [-0.2, 0) is 4.74 Å². The van der Waals surface area contributed by atoms with Gasteiger partial charge in [-0.1, -0.05) is 0 Å². The summed E-state index contributed by atoms with van der Waals surface area (Å²) in [5.74, 6) is 0. The number of hydrogen-bond donors (Lipinski definition) is 1. The minimum Gasteiger partial charge on any atom is -0.393 e. The summed E-state index contributed by atoms with van der Waals surface area (Å²) in [5.41, 5.74) is 0.0653. The summed E-state index contributed by atoms with van der Waals surface area (Å²) in [4.78, 5) is 2.25. The number of hydrogen-bond acceptors (Lipinski definition) is 3. The molecule has 3 heteroatoms. The van der Waals surface area contributed by atoms with Crippen molar-refractivity contribution in [3.05, 3.63) is 0 Å². The molecule has 2 atom stereocenters. The fourth-order valence-corrected chi connectivity index (χ4v) is 2.05. The van der Waals surface area contributed by atoms with Gasteiger partial charge in [0, 0.05) is 13.1 Å². The van der Waals surface area contributed by atoms with E-state index < -0.39 is 0 Å². The van der Waals surface area contributed by atoms with Gasteiger partial charge in [-0.2, -0.15) is 0 Å². The monoisotopic (exact) mass is 215 g/mol. The van der Waals surface area contributed by atoms with Gasteiger partial charge in [-0.3, -0.25) is 0 Å². The first-order valence-corrected chi connectivity index (χ1v) is 5.93. The molecule has 0 spiro atoms. The highest BCUT2D eigenvalue weighted by atomic mass is 16.5. The van der Waals surface area contributed by atoms with Gasteiger partial charge < -0.3 is 14.7 Å². The lowest BCUT2D eigenvalue weighted by molar-refractivity contribution is -0.0268. The molecule has 1 aliphatic heterocycles. The second kappa shape index (κ2) is 5.28. The third kappa shape index (κ3) is 4.96. The third-order valence-corrected chi connectivity index (χ3v) is 3.00. The Morgan fingerprint density at radius 1 is 1.53 bits per heavy atom. The molecule has 1 aliphatic rings. The van der Waals surface area contributed by atoms with Gasteiger partial charge in [-0.05, 0) is 47.1 Å². The largest absolute Gasteiger partial charge is 0.393 e. The number of aliphatic hydroxyl groups is 1. The summed E-state index contributed by atoms with van der Waals surface area (Å²) in [5, 5.41) is 9.19. The molecule has 0 amide bonds. The van der Waals surface area contributed by atoms with Crippen LogP contribution in [0.3, 0.4) is 0 Å². The molecule has 0 radical (unpaired) electrons. The third-order valence-electron chi connectivity index (χ3n) is 3.00. The lowest BCUT2D eigenvalue weighted by atomic mass is 10.1. The van der Waals surface area contributed by atoms with Gasteiger partial charge in [-0.15, -0.1) is 0 Å². The predicted molar refractivity (Wildman–Crippen MR) is 62.0 cm³/mol. The molecule has 90 valence electrons. The molecule has 0 aliphatic carbocycles. The average molecular weight is 215 g/mol. The lowest BCUT2D eigenvalue weighted by Gasteiger charge is -2.24. The highest BCUT2D eigenvalue weighted by Crippen LogP contribution is 2.29. The summed E-state index contributed by atoms with van der Waals surface area (Å²) in [6.07, 6.45) is 3.33. The molecule has 1 rings (SSSR count). The molecule has 0 aromatic heterocycles. The van der Waals surface area contributed by atoms with E-state index in [9.17, 15) is 5.11 Å². The van der Waals surface area contributed by atoms with Crippen LogP contribution in [0.1, 0.15) is 40.0 Å². The highest BCUT2D eigenvalue weighted by Gasteiger charge is 2.31. The van der Waals surface area contributed by atoms with Crippen LogP contribution >= 0.6 is 0 Å². The molecule has 2 unspecified atom stereocenters. The predicted octanol–water partition coefficient (Wildman–Crippen LogP) is 1.65. The molecular formula is C12H25NO2. The van der Waals surface area contributed by atoms with Crippen LogP contribution in [0.15, 0.2) is 0 Å². The first-order chi connectivity index (χ1) is 6.89. The number of rotatable bonds is 5. The summed E-state index contributed by atoms with van der Waals surface area (Å²) in [7, 11) is 2.09. The van der Waals surface area contributed by atoms with E-state index in [1.54, 1.807) is 0 Å². The van der Waals surface area contributed by atoms with Crippen molar-refractivity contribution < 1.29 is 9.84 Å². The number of ether oxygens (including phenoxy) is 1. The quantitative estimate of drug-likeness (QED) is 0.757. The van der Waals surface area contributed by atoms with E-state index in [2.05, 4.69) is 25.8 Å². The maximum absolute atomic E-state index is 9.19. The summed E-state index contributed by atoms with van der Waals surface area (Å²) in [6, 6.07) is 0. The Bertz CT molecular complexity index is 192. The minimum atomic E-state index is -0.201. The van der Waals surface area contributed by atoms with Crippen molar-refractivity contribution in [1.82, 2.24) is 4.90 Å². The average Bonchev–Trinajstić information content (AvgIpc) is 2.42. The van der Waals surface area contributed by atoms with Crippen LogP contribution in [0, 0.1) is 0 Å². The Hall–Kier alpha value is -0.120. The standard InChI is InChI=1S/C12H25NO2/c1-10(14)6-8-13(4)9-11-5-7-12(2,3)15-11/h10-11,14H,5-9H2,1-4H3. The van der Waals surface area contributed by atoms with Crippen LogP contribution in [0.5, 0.6) is 0 Å². The molecule has 0 aromatic rings. The van der Waals surface area contributed by atoms with E-state index in [1.165, 1.54) is 0 Å². The van der Waals surface area contributed by atoms with Crippen molar-refractivity contribution in [1.29, 1.82) is 0 Å². The molecule has 0 saturated carbocycles. The molecule has 3 nitrogen and oxygen atoms in total. The second-order valence-electron chi connectivity index (χ2n) is 5.44. The SMILES string of the molecule is CC(O)CCN(C)CC1CCC(C)(C)O1. The number of nitrogens with zero attached hydrogens (tertiary/aromatic N) is 1. The van der Waals surface area contributed by atoms with Gasteiger partial charge in [-0.25, -0.2) is 0 Å². The second-order valence-corrected chi connectivity index (χ2v) is 5.44. The summed E-state index contributed by atoms with van der Waals surface area (Å²) >= 11 is 0. The van der Waals surface area contributed by atoms with Crippen LogP contribution in [0.2, 0.25) is 0 Å². The zero-order valence-electron chi connectivity index (χ0n) is 10.5. The molecule has 1 saturated heterocycles. The molecule has 1 N–H and O–H groups in total. The van der Waals surface area contributed by atoms with Gasteiger partial charge in [0.25, 0.3) is 0 Å². The Morgan fingerprint density at radius 3 is 2.67 bits per heavy atom. The first-order valence-electron chi connectivity index (χ1n) is 5.93.